The van der Waals surface area contributed by atoms with Crippen LogP contribution in [0.2, 0.25) is 0 Å². The first-order chi connectivity index (χ1) is 8.52. The molecule has 1 heterocycles. The third-order valence-electron chi connectivity index (χ3n) is 2.44. The van der Waals surface area contributed by atoms with Crippen LogP contribution in [0.1, 0.15) is 11.1 Å². The number of halogens is 3. The van der Waals surface area contributed by atoms with Crippen LogP contribution in [0.5, 0.6) is 0 Å². The lowest BCUT2D eigenvalue weighted by atomic mass is 10.0. The third-order valence-corrected chi connectivity index (χ3v) is 2.44. The number of nitrogens with zero attached hydrogens (tertiary/aromatic N) is 2. The average Bonchev–Trinajstić information content (AvgIpc) is 2.38. The largest absolute Gasteiger partial charge is 0.416 e. The van der Waals surface area contributed by atoms with Gasteiger partial charge in [-0.05, 0) is 23.8 Å². The van der Waals surface area contributed by atoms with Crippen LogP contribution in [0, 0.1) is 11.3 Å². The number of benzene rings is 1. The monoisotopic (exact) mass is 248 g/mol. The summed E-state index contributed by atoms with van der Waals surface area (Å²) in [4.78, 5) is 3.83. The first-order valence-electron chi connectivity index (χ1n) is 5.04. The summed E-state index contributed by atoms with van der Waals surface area (Å²) in [6, 6.07) is 8.24. The van der Waals surface area contributed by atoms with Crippen LogP contribution in [-0.4, -0.2) is 4.98 Å². The molecule has 0 bridgehead atoms. The Labute approximate surface area is 101 Å². The van der Waals surface area contributed by atoms with Gasteiger partial charge in [-0.3, -0.25) is 4.98 Å². The topological polar surface area (TPSA) is 36.7 Å². The Morgan fingerprint density at radius 3 is 2.61 bits per heavy atom. The van der Waals surface area contributed by atoms with Gasteiger partial charge in [-0.1, -0.05) is 12.1 Å². The molecule has 0 N–H and O–H groups in total. The van der Waals surface area contributed by atoms with Gasteiger partial charge in [0.15, 0.2) is 0 Å². The quantitative estimate of drug-likeness (QED) is 0.772. The summed E-state index contributed by atoms with van der Waals surface area (Å²) in [5.74, 6) is 0. The molecule has 1 aromatic carbocycles. The van der Waals surface area contributed by atoms with E-state index >= 15 is 0 Å². The van der Waals surface area contributed by atoms with Crippen molar-refractivity contribution in [3.8, 4) is 17.2 Å². The summed E-state index contributed by atoms with van der Waals surface area (Å²) >= 11 is 0. The standard InChI is InChI=1S/C13H7F3N2/c14-13(15,16)11-3-1-2-9(6-11)12-8-18-5-4-10(12)7-17/h1-6,8H. The van der Waals surface area contributed by atoms with E-state index < -0.39 is 11.7 Å². The zero-order valence-electron chi connectivity index (χ0n) is 9.07. The molecule has 0 saturated heterocycles. The van der Waals surface area contributed by atoms with Crippen LogP contribution in [0.25, 0.3) is 11.1 Å². The molecule has 1 aromatic heterocycles. The number of nitriles is 1. The molecule has 0 aliphatic heterocycles. The molecule has 5 heteroatoms. The molecular formula is C13H7F3N2. The van der Waals surface area contributed by atoms with Crippen molar-refractivity contribution in [2.75, 3.05) is 0 Å². The van der Waals surface area contributed by atoms with Gasteiger partial charge in [-0.15, -0.1) is 0 Å². The maximum Gasteiger partial charge on any atom is 0.416 e. The SMILES string of the molecule is N#Cc1ccncc1-c1cccc(C(F)(F)F)c1. The maximum absolute atomic E-state index is 12.6. The van der Waals surface area contributed by atoms with E-state index in [1.54, 1.807) is 0 Å². The molecule has 2 aromatic rings. The molecule has 0 atom stereocenters. The molecule has 90 valence electrons. The lowest BCUT2D eigenvalue weighted by molar-refractivity contribution is -0.137. The van der Waals surface area contributed by atoms with Gasteiger partial charge in [0, 0.05) is 18.0 Å². The van der Waals surface area contributed by atoms with E-state index in [4.69, 9.17) is 5.26 Å². The minimum atomic E-state index is -4.40. The number of hydrogen-bond acceptors (Lipinski definition) is 2. The minimum Gasteiger partial charge on any atom is -0.264 e. The molecule has 0 aliphatic rings. The Balaban J connectivity index is 2.56. The van der Waals surface area contributed by atoms with Gasteiger partial charge in [0.25, 0.3) is 0 Å². The van der Waals surface area contributed by atoms with Crippen molar-refractivity contribution >= 4 is 0 Å². The Kier molecular flexibility index (Phi) is 3.02. The molecule has 2 rings (SSSR count). The smallest absolute Gasteiger partial charge is 0.264 e. The van der Waals surface area contributed by atoms with Crippen LogP contribution >= 0.6 is 0 Å². The normalized spacial score (nSPS) is 11.0. The van der Waals surface area contributed by atoms with Crippen LogP contribution in [0.15, 0.2) is 42.7 Å². The van der Waals surface area contributed by atoms with E-state index in [2.05, 4.69) is 4.98 Å². The van der Waals surface area contributed by atoms with Crippen molar-refractivity contribution in [1.29, 1.82) is 5.26 Å². The second-order valence-electron chi connectivity index (χ2n) is 3.61. The lowest BCUT2D eigenvalue weighted by Crippen LogP contribution is -2.04. The van der Waals surface area contributed by atoms with E-state index in [1.165, 1.54) is 30.6 Å². The van der Waals surface area contributed by atoms with Gasteiger partial charge in [0.2, 0.25) is 0 Å². The predicted molar refractivity (Wildman–Crippen MR) is 59.4 cm³/mol. The molecule has 18 heavy (non-hydrogen) atoms. The van der Waals surface area contributed by atoms with Gasteiger partial charge >= 0.3 is 6.18 Å². The fraction of sp³-hybridized carbons (Fsp3) is 0.0769. The number of pyridine rings is 1. The van der Waals surface area contributed by atoms with E-state index in [9.17, 15) is 13.2 Å². The van der Waals surface area contributed by atoms with Crippen molar-refractivity contribution in [1.82, 2.24) is 4.98 Å². The summed E-state index contributed by atoms with van der Waals surface area (Å²) in [5, 5.41) is 8.91. The second kappa shape index (κ2) is 4.49. The zero-order chi connectivity index (χ0) is 13.2. The molecule has 0 spiro atoms. The Morgan fingerprint density at radius 1 is 1.17 bits per heavy atom. The van der Waals surface area contributed by atoms with Gasteiger partial charge in [-0.2, -0.15) is 18.4 Å². The fourth-order valence-corrected chi connectivity index (χ4v) is 1.59. The summed E-state index contributed by atoms with van der Waals surface area (Å²) in [6.07, 6.45) is -1.59. The number of rotatable bonds is 1. The first-order valence-corrected chi connectivity index (χ1v) is 5.04. The van der Waals surface area contributed by atoms with Crippen molar-refractivity contribution in [3.05, 3.63) is 53.9 Å². The summed E-state index contributed by atoms with van der Waals surface area (Å²) in [6.45, 7) is 0. The van der Waals surface area contributed by atoms with Gasteiger partial charge in [0.05, 0.1) is 17.2 Å². The third kappa shape index (κ3) is 2.33. The highest BCUT2D eigenvalue weighted by Crippen LogP contribution is 2.32. The van der Waals surface area contributed by atoms with E-state index in [-0.39, 0.29) is 0 Å². The molecule has 0 aliphatic carbocycles. The Morgan fingerprint density at radius 2 is 1.94 bits per heavy atom. The van der Waals surface area contributed by atoms with Crippen molar-refractivity contribution in [3.63, 3.8) is 0 Å². The van der Waals surface area contributed by atoms with Crippen LogP contribution in [0.3, 0.4) is 0 Å². The van der Waals surface area contributed by atoms with Crippen LogP contribution in [0.4, 0.5) is 13.2 Å². The van der Waals surface area contributed by atoms with Crippen molar-refractivity contribution < 1.29 is 13.2 Å². The molecule has 0 fully saturated rings. The van der Waals surface area contributed by atoms with E-state index in [0.717, 1.165) is 12.1 Å². The maximum atomic E-state index is 12.6. The second-order valence-corrected chi connectivity index (χ2v) is 3.61. The van der Waals surface area contributed by atoms with Crippen molar-refractivity contribution in [2.24, 2.45) is 0 Å². The highest BCUT2D eigenvalue weighted by atomic mass is 19.4. The summed E-state index contributed by atoms with van der Waals surface area (Å²) in [7, 11) is 0. The fourth-order valence-electron chi connectivity index (χ4n) is 1.59. The molecular weight excluding hydrogens is 241 g/mol. The highest BCUT2D eigenvalue weighted by molar-refractivity contribution is 5.70. The Hall–Kier alpha value is -2.35. The molecule has 0 radical (unpaired) electrons. The summed E-state index contributed by atoms with van der Waals surface area (Å²) < 4.78 is 37.8. The van der Waals surface area contributed by atoms with Gasteiger partial charge < -0.3 is 0 Å². The predicted octanol–water partition coefficient (Wildman–Crippen LogP) is 3.64. The van der Waals surface area contributed by atoms with Crippen molar-refractivity contribution in [2.45, 2.75) is 6.18 Å². The molecule has 0 amide bonds. The van der Waals surface area contributed by atoms with Crippen LogP contribution in [-0.2, 0) is 6.18 Å². The molecule has 0 unspecified atom stereocenters. The highest BCUT2D eigenvalue weighted by Gasteiger charge is 2.30. The minimum absolute atomic E-state index is 0.296. The number of alkyl halides is 3. The summed E-state index contributed by atoms with van der Waals surface area (Å²) in [5.41, 5.74) is 0.276. The van der Waals surface area contributed by atoms with E-state index in [0.29, 0.717) is 16.7 Å². The lowest BCUT2D eigenvalue weighted by Gasteiger charge is -2.09. The number of hydrogen-bond donors (Lipinski definition) is 0. The van der Waals surface area contributed by atoms with Gasteiger partial charge in [0.1, 0.15) is 0 Å². The average molecular weight is 248 g/mol. The molecule has 2 nitrogen and oxygen atoms in total. The molecule has 0 saturated carbocycles. The Bertz CT molecular complexity index is 612. The number of aromatic nitrogens is 1. The zero-order valence-corrected chi connectivity index (χ0v) is 9.07. The first kappa shape index (κ1) is 12.1. The van der Waals surface area contributed by atoms with E-state index in [1.807, 2.05) is 6.07 Å². The van der Waals surface area contributed by atoms with Crippen LogP contribution < -0.4 is 0 Å². The van der Waals surface area contributed by atoms with Gasteiger partial charge in [-0.25, -0.2) is 0 Å².